The molecule has 0 saturated carbocycles. The van der Waals surface area contributed by atoms with E-state index in [1.54, 1.807) is 5.51 Å². The number of hydrogen-bond acceptors (Lipinski definition) is 4. The molecule has 1 aromatic heterocycles. The molecule has 1 fully saturated rings. The van der Waals surface area contributed by atoms with Gasteiger partial charge in [-0.3, -0.25) is 4.79 Å². The summed E-state index contributed by atoms with van der Waals surface area (Å²) < 4.78 is 0. The van der Waals surface area contributed by atoms with Crippen molar-refractivity contribution in [1.82, 2.24) is 9.88 Å². The lowest BCUT2D eigenvalue weighted by Gasteiger charge is -2.33. The molecular weight excluding hydrogens is 306 g/mol. The summed E-state index contributed by atoms with van der Waals surface area (Å²) >= 11 is 1.44. The fourth-order valence-electron chi connectivity index (χ4n) is 3.00. The second-order valence-electron chi connectivity index (χ2n) is 6.30. The van der Waals surface area contributed by atoms with Crippen molar-refractivity contribution >= 4 is 22.9 Å². The highest BCUT2D eigenvalue weighted by atomic mass is 32.1. The Morgan fingerprint density at radius 1 is 1.30 bits per heavy atom. The lowest BCUT2D eigenvalue weighted by molar-refractivity contribution is 0.0719. The number of anilines is 1. The average Bonchev–Trinajstić information content (AvgIpc) is 2.96. The average molecular weight is 329 g/mol. The van der Waals surface area contributed by atoms with Gasteiger partial charge in [0.2, 0.25) is 0 Å². The van der Waals surface area contributed by atoms with Gasteiger partial charge in [0.15, 0.2) is 0 Å². The van der Waals surface area contributed by atoms with E-state index in [4.69, 9.17) is 0 Å². The molecule has 1 aliphatic rings. The summed E-state index contributed by atoms with van der Waals surface area (Å²) in [5.74, 6) is 0.122. The molecule has 1 amide bonds. The minimum Gasteiger partial charge on any atom is -0.381 e. The Morgan fingerprint density at radius 3 is 2.83 bits per heavy atom. The largest absolute Gasteiger partial charge is 0.381 e. The van der Waals surface area contributed by atoms with Gasteiger partial charge < -0.3 is 10.2 Å². The predicted molar refractivity (Wildman–Crippen MR) is 95.3 cm³/mol. The van der Waals surface area contributed by atoms with Crippen LogP contribution in [0.15, 0.2) is 23.7 Å². The predicted octanol–water partition coefficient (Wildman–Crippen LogP) is 3.79. The van der Waals surface area contributed by atoms with Crippen molar-refractivity contribution in [2.45, 2.75) is 39.7 Å². The van der Waals surface area contributed by atoms with Gasteiger partial charge in [0.05, 0.1) is 11.2 Å². The standard InChI is InChI=1S/C18H23N3OS/c1-12-6-7-15(9-13(12)2)20-16-5-4-8-21(10-16)18(22)17-14(3)19-11-23-17/h6-7,9,11,16,20H,4-5,8,10H2,1-3H3/t16-/m1/s1. The minimum atomic E-state index is 0.122. The van der Waals surface area contributed by atoms with Crippen molar-refractivity contribution in [3.63, 3.8) is 0 Å². The molecule has 1 saturated heterocycles. The molecule has 4 nitrogen and oxygen atoms in total. The smallest absolute Gasteiger partial charge is 0.265 e. The van der Waals surface area contributed by atoms with E-state index in [-0.39, 0.29) is 5.91 Å². The Labute approximate surface area is 141 Å². The molecule has 5 heteroatoms. The van der Waals surface area contributed by atoms with Crippen LogP contribution in [0.3, 0.4) is 0 Å². The van der Waals surface area contributed by atoms with Crippen molar-refractivity contribution in [2.75, 3.05) is 18.4 Å². The number of carbonyl (C=O) groups excluding carboxylic acids is 1. The second-order valence-corrected chi connectivity index (χ2v) is 7.16. The first-order valence-electron chi connectivity index (χ1n) is 8.08. The number of aryl methyl sites for hydroxylation is 3. The molecule has 1 aromatic carbocycles. The molecular formula is C18H23N3OS. The summed E-state index contributed by atoms with van der Waals surface area (Å²) in [6.45, 7) is 7.74. The van der Waals surface area contributed by atoms with Crippen LogP contribution < -0.4 is 5.32 Å². The first kappa shape index (κ1) is 16.0. The third kappa shape index (κ3) is 3.55. The molecule has 122 valence electrons. The number of amides is 1. The number of thiazole rings is 1. The van der Waals surface area contributed by atoms with E-state index >= 15 is 0 Å². The van der Waals surface area contributed by atoms with Gasteiger partial charge in [-0.1, -0.05) is 6.07 Å². The van der Waals surface area contributed by atoms with Crippen LogP contribution >= 0.6 is 11.3 Å². The fourth-order valence-corrected chi connectivity index (χ4v) is 3.77. The highest BCUT2D eigenvalue weighted by Crippen LogP contribution is 2.22. The number of nitrogens with zero attached hydrogens (tertiary/aromatic N) is 2. The third-order valence-corrected chi connectivity index (χ3v) is 5.44. The Morgan fingerprint density at radius 2 is 2.13 bits per heavy atom. The van der Waals surface area contributed by atoms with E-state index in [1.807, 2.05) is 11.8 Å². The van der Waals surface area contributed by atoms with Crippen molar-refractivity contribution in [3.8, 4) is 0 Å². The van der Waals surface area contributed by atoms with E-state index in [0.717, 1.165) is 42.2 Å². The lowest BCUT2D eigenvalue weighted by atomic mass is 10.0. The number of hydrogen-bond donors (Lipinski definition) is 1. The lowest BCUT2D eigenvalue weighted by Crippen LogP contribution is -2.45. The Kier molecular flexibility index (Phi) is 4.66. The maximum Gasteiger partial charge on any atom is 0.265 e. The van der Waals surface area contributed by atoms with Crippen LogP contribution in [-0.2, 0) is 0 Å². The van der Waals surface area contributed by atoms with Gasteiger partial charge in [-0.15, -0.1) is 11.3 Å². The van der Waals surface area contributed by atoms with Gasteiger partial charge in [-0.25, -0.2) is 4.98 Å². The second kappa shape index (κ2) is 6.71. The van der Waals surface area contributed by atoms with Crippen LogP contribution in [0.2, 0.25) is 0 Å². The number of rotatable bonds is 3. The topological polar surface area (TPSA) is 45.2 Å². The highest BCUT2D eigenvalue weighted by molar-refractivity contribution is 7.11. The van der Waals surface area contributed by atoms with Gasteiger partial charge in [0.1, 0.15) is 4.88 Å². The number of aromatic nitrogens is 1. The van der Waals surface area contributed by atoms with Gasteiger partial charge >= 0.3 is 0 Å². The maximum absolute atomic E-state index is 12.6. The quantitative estimate of drug-likeness (QED) is 0.932. The summed E-state index contributed by atoms with van der Waals surface area (Å²) in [5.41, 5.74) is 6.32. The van der Waals surface area contributed by atoms with Crippen LogP contribution in [-0.4, -0.2) is 34.9 Å². The summed E-state index contributed by atoms with van der Waals surface area (Å²) in [6, 6.07) is 6.76. The van der Waals surface area contributed by atoms with Gasteiger partial charge in [-0.2, -0.15) is 0 Å². The molecule has 2 aromatic rings. The number of piperidine rings is 1. The van der Waals surface area contributed by atoms with Crippen molar-refractivity contribution in [1.29, 1.82) is 0 Å². The molecule has 1 atom stereocenters. The van der Waals surface area contributed by atoms with E-state index in [0.29, 0.717) is 6.04 Å². The molecule has 0 unspecified atom stereocenters. The molecule has 2 heterocycles. The van der Waals surface area contributed by atoms with Crippen molar-refractivity contribution in [3.05, 3.63) is 45.4 Å². The third-order valence-electron chi connectivity index (χ3n) is 4.53. The van der Waals surface area contributed by atoms with Crippen LogP contribution in [0.25, 0.3) is 0 Å². The van der Waals surface area contributed by atoms with E-state index < -0.39 is 0 Å². The zero-order valence-corrected chi connectivity index (χ0v) is 14.7. The normalized spacial score (nSPS) is 18.0. The van der Waals surface area contributed by atoms with Gasteiger partial charge in [0.25, 0.3) is 5.91 Å². The molecule has 0 spiro atoms. The number of nitrogens with one attached hydrogen (secondary N) is 1. The molecule has 0 bridgehead atoms. The summed E-state index contributed by atoms with van der Waals surface area (Å²) in [4.78, 5) is 19.6. The van der Waals surface area contributed by atoms with E-state index in [9.17, 15) is 4.79 Å². The van der Waals surface area contributed by atoms with Gasteiger partial charge in [0, 0.05) is 24.8 Å². The Bertz CT molecular complexity index is 710. The first-order valence-corrected chi connectivity index (χ1v) is 8.95. The molecule has 3 rings (SSSR count). The number of likely N-dealkylation sites (tertiary alicyclic amines) is 1. The number of benzene rings is 1. The van der Waals surface area contributed by atoms with Gasteiger partial charge in [-0.05, 0) is 56.9 Å². The summed E-state index contributed by atoms with van der Waals surface area (Å²) in [5, 5.41) is 3.59. The maximum atomic E-state index is 12.6. The summed E-state index contributed by atoms with van der Waals surface area (Å²) in [6.07, 6.45) is 2.13. The SMILES string of the molecule is Cc1ccc(N[C@@H]2CCCN(C(=O)c3scnc3C)C2)cc1C. The molecule has 1 N–H and O–H groups in total. The molecule has 0 radical (unpaired) electrons. The van der Waals surface area contributed by atoms with Crippen LogP contribution in [0.5, 0.6) is 0 Å². The summed E-state index contributed by atoms with van der Waals surface area (Å²) in [7, 11) is 0. The fraction of sp³-hybridized carbons (Fsp3) is 0.444. The van der Waals surface area contributed by atoms with E-state index in [1.165, 1.54) is 22.5 Å². The molecule has 1 aliphatic heterocycles. The molecule has 23 heavy (non-hydrogen) atoms. The Hall–Kier alpha value is -1.88. The molecule has 0 aliphatic carbocycles. The Balaban J connectivity index is 1.67. The van der Waals surface area contributed by atoms with Crippen LogP contribution in [0.1, 0.15) is 39.3 Å². The van der Waals surface area contributed by atoms with Crippen LogP contribution in [0.4, 0.5) is 5.69 Å². The zero-order chi connectivity index (χ0) is 16.4. The zero-order valence-electron chi connectivity index (χ0n) is 13.9. The monoisotopic (exact) mass is 329 g/mol. The minimum absolute atomic E-state index is 0.122. The van der Waals surface area contributed by atoms with Crippen LogP contribution in [0, 0.1) is 20.8 Å². The van der Waals surface area contributed by atoms with Crippen molar-refractivity contribution in [2.24, 2.45) is 0 Å². The first-order chi connectivity index (χ1) is 11.0. The van der Waals surface area contributed by atoms with E-state index in [2.05, 4.69) is 42.3 Å². The number of carbonyl (C=O) groups is 1. The highest BCUT2D eigenvalue weighted by Gasteiger charge is 2.26. The van der Waals surface area contributed by atoms with Crippen molar-refractivity contribution < 1.29 is 4.79 Å².